The maximum absolute atomic E-state index is 10.0. The fourth-order valence-electron chi connectivity index (χ4n) is 0.944. The Morgan fingerprint density at radius 1 is 1.70 bits per heavy atom. The third-order valence-electron chi connectivity index (χ3n) is 1.42. The first kappa shape index (κ1) is 7.28. The molecular weight excluding hydrogens is 132 g/mol. The topological polar surface area (TPSA) is 46.5 Å². The van der Waals surface area contributed by atoms with E-state index in [9.17, 15) is 4.79 Å². The van der Waals surface area contributed by atoms with Gasteiger partial charge in [0, 0.05) is 12.7 Å². The Balaban J connectivity index is 2.29. The van der Waals surface area contributed by atoms with Gasteiger partial charge in [0.15, 0.2) is 0 Å². The molecule has 1 heterocycles. The van der Waals surface area contributed by atoms with Gasteiger partial charge in [-0.15, -0.1) is 0 Å². The summed E-state index contributed by atoms with van der Waals surface area (Å²) in [6, 6.07) is 0. The van der Waals surface area contributed by atoms with E-state index >= 15 is 0 Å². The molecular formula is C7H10O3. The van der Waals surface area contributed by atoms with E-state index in [1.165, 1.54) is 0 Å². The number of carboxylic acids is 1. The Morgan fingerprint density at radius 3 is 3.00 bits per heavy atom. The van der Waals surface area contributed by atoms with Crippen molar-refractivity contribution in [3.8, 4) is 0 Å². The minimum absolute atomic E-state index is 0.0381. The maximum atomic E-state index is 10.0. The molecule has 1 saturated heterocycles. The van der Waals surface area contributed by atoms with Crippen molar-refractivity contribution in [3.05, 3.63) is 12.2 Å². The summed E-state index contributed by atoms with van der Waals surface area (Å²) in [5.74, 6) is -0.907. The second kappa shape index (κ2) is 3.37. The predicted octanol–water partition coefficient (Wildman–Crippen LogP) is 0.806. The van der Waals surface area contributed by atoms with Crippen molar-refractivity contribution in [2.75, 3.05) is 6.61 Å². The second-order valence-corrected chi connectivity index (χ2v) is 2.25. The zero-order valence-corrected chi connectivity index (χ0v) is 5.62. The van der Waals surface area contributed by atoms with E-state index in [2.05, 4.69) is 0 Å². The molecule has 56 valence electrons. The van der Waals surface area contributed by atoms with Crippen LogP contribution in [0.3, 0.4) is 0 Å². The number of carbonyl (C=O) groups is 1. The Morgan fingerprint density at radius 2 is 2.50 bits per heavy atom. The largest absolute Gasteiger partial charge is 0.478 e. The molecule has 0 spiro atoms. The highest BCUT2D eigenvalue weighted by molar-refractivity contribution is 5.79. The Hall–Kier alpha value is -0.830. The molecule has 1 unspecified atom stereocenters. The van der Waals surface area contributed by atoms with Gasteiger partial charge in [-0.2, -0.15) is 0 Å². The number of hydrogen-bond acceptors (Lipinski definition) is 2. The number of rotatable bonds is 2. The van der Waals surface area contributed by atoms with Crippen LogP contribution in [0.15, 0.2) is 12.2 Å². The zero-order valence-electron chi connectivity index (χ0n) is 5.62. The van der Waals surface area contributed by atoms with Crippen LogP contribution in [-0.2, 0) is 9.53 Å². The summed E-state index contributed by atoms with van der Waals surface area (Å²) >= 11 is 0. The van der Waals surface area contributed by atoms with Gasteiger partial charge < -0.3 is 9.84 Å². The molecule has 3 heteroatoms. The second-order valence-electron chi connectivity index (χ2n) is 2.25. The summed E-state index contributed by atoms with van der Waals surface area (Å²) in [6.07, 6.45) is 4.75. The van der Waals surface area contributed by atoms with Crippen molar-refractivity contribution in [2.45, 2.75) is 18.9 Å². The third-order valence-corrected chi connectivity index (χ3v) is 1.42. The lowest BCUT2D eigenvalue weighted by Crippen LogP contribution is -2.00. The number of hydrogen-bond donors (Lipinski definition) is 1. The highest BCUT2D eigenvalue weighted by atomic mass is 16.5. The van der Waals surface area contributed by atoms with E-state index < -0.39 is 5.97 Å². The fraction of sp³-hybridized carbons (Fsp3) is 0.571. The molecule has 1 rings (SSSR count). The van der Waals surface area contributed by atoms with Gasteiger partial charge in [-0.25, -0.2) is 4.79 Å². The summed E-state index contributed by atoms with van der Waals surface area (Å²) in [7, 11) is 0. The van der Waals surface area contributed by atoms with Crippen molar-refractivity contribution in [2.24, 2.45) is 0 Å². The molecule has 0 aliphatic carbocycles. The Bertz CT molecular complexity index is 145. The molecule has 10 heavy (non-hydrogen) atoms. The summed E-state index contributed by atoms with van der Waals surface area (Å²) < 4.78 is 5.15. The van der Waals surface area contributed by atoms with Crippen LogP contribution in [0.2, 0.25) is 0 Å². The molecule has 1 aliphatic heterocycles. The molecule has 0 radical (unpaired) electrons. The van der Waals surface area contributed by atoms with Crippen molar-refractivity contribution in [3.63, 3.8) is 0 Å². The Kier molecular flexibility index (Phi) is 2.45. The molecule has 0 bridgehead atoms. The minimum atomic E-state index is -0.907. The van der Waals surface area contributed by atoms with Crippen LogP contribution in [0.5, 0.6) is 0 Å². The van der Waals surface area contributed by atoms with Crippen LogP contribution < -0.4 is 0 Å². The van der Waals surface area contributed by atoms with Crippen molar-refractivity contribution in [1.29, 1.82) is 0 Å². The van der Waals surface area contributed by atoms with Gasteiger partial charge in [-0.3, -0.25) is 0 Å². The van der Waals surface area contributed by atoms with Crippen LogP contribution in [-0.4, -0.2) is 23.8 Å². The summed E-state index contributed by atoms with van der Waals surface area (Å²) in [5.41, 5.74) is 0. The summed E-state index contributed by atoms with van der Waals surface area (Å²) in [6.45, 7) is 0.759. The molecule has 0 aromatic heterocycles. The van der Waals surface area contributed by atoms with E-state index in [1.54, 1.807) is 6.08 Å². The zero-order chi connectivity index (χ0) is 7.40. The smallest absolute Gasteiger partial charge is 0.328 e. The van der Waals surface area contributed by atoms with Gasteiger partial charge in [0.25, 0.3) is 0 Å². The van der Waals surface area contributed by atoms with E-state index in [0.717, 1.165) is 25.5 Å². The highest BCUT2D eigenvalue weighted by Crippen LogP contribution is 2.12. The number of carboxylic acid groups (broad SMARTS) is 1. The van der Waals surface area contributed by atoms with E-state index in [4.69, 9.17) is 9.84 Å². The normalized spacial score (nSPS) is 25.8. The number of ether oxygens (including phenoxy) is 1. The van der Waals surface area contributed by atoms with Crippen LogP contribution >= 0.6 is 0 Å². The van der Waals surface area contributed by atoms with Gasteiger partial charge in [-0.1, -0.05) is 0 Å². The molecule has 0 saturated carbocycles. The van der Waals surface area contributed by atoms with Crippen LogP contribution in [0, 0.1) is 0 Å². The minimum Gasteiger partial charge on any atom is -0.478 e. The lowest BCUT2D eigenvalue weighted by molar-refractivity contribution is -0.131. The standard InChI is InChI=1S/C7H10O3/c8-7(9)4-3-6-2-1-5-10-6/h3-4,6H,1-2,5H2,(H,8,9)/b4-3+. The molecule has 0 aromatic carbocycles. The summed E-state index contributed by atoms with van der Waals surface area (Å²) in [5, 5.41) is 8.23. The average molecular weight is 142 g/mol. The van der Waals surface area contributed by atoms with Gasteiger partial charge in [0.2, 0.25) is 0 Å². The molecule has 1 N–H and O–H groups in total. The highest BCUT2D eigenvalue weighted by Gasteiger charge is 2.11. The monoisotopic (exact) mass is 142 g/mol. The fourth-order valence-corrected chi connectivity index (χ4v) is 0.944. The molecule has 1 aliphatic rings. The number of aliphatic carboxylic acids is 1. The van der Waals surface area contributed by atoms with Gasteiger partial charge in [0.05, 0.1) is 6.10 Å². The van der Waals surface area contributed by atoms with Crippen molar-refractivity contribution >= 4 is 5.97 Å². The lowest BCUT2D eigenvalue weighted by Gasteiger charge is -1.98. The molecule has 1 fully saturated rings. The van der Waals surface area contributed by atoms with E-state index in [0.29, 0.717) is 0 Å². The first-order valence-corrected chi connectivity index (χ1v) is 3.32. The van der Waals surface area contributed by atoms with Gasteiger partial charge in [0.1, 0.15) is 0 Å². The third kappa shape index (κ3) is 2.19. The van der Waals surface area contributed by atoms with Crippen LogP contribution in [0.25, 0.3) is 0 Å². The Labute approximate surface area is 59.3 Å². The average Bonchev–Trinajstić information content (AvgIpc) is 2.34. The quantitative estimate of drug-likeness (QED) is 0.580. The lowest BCUT2D eigenvalue weighted by atomic mass is 10.2. The molecule has 0 amide bonds. The van der Waals surface area contributed by atoms with E-state index in [-0.39, 0.29) is 6.10 Å². The van der Waals surface area contributed by atoms with Crippen molar-refractivity contribution in [1.82, 2.24) is 0 Å². The van der Waals surface area contributed by atoms with E-state index in [1.807, 2.05) is 0 Å². The van der Waals surface area contributed by atoms with Crippen LogP contribution in [0.4, 0.5) is 0 Å². The molecule has 3 nitrogen and oxygen atoms in total. The maximum Gasteiger partial charge on any atom is 0.328 e. The van der Waals surface area contributed by atoms with Crippen molar-refractivity contribution < 1.29 is 14.6 Å². The predicted molar refractivity (Wildman–Crippen MR) is 35.7 cm³/mol. The first-order chi connectivity index (χ1) is 4.79. The SMILES string of the molecule is O=C(O)/C=C/C1CCCO1. The first-order valence-electron chi connectivity index (χ1n) is 3.32. The van der Waals surface area contributed by atoms with Crippen LogP contribution in [0.1, 0.15) is 12.8 Å². The van der Waals surface area contributed by atoms with Gasteiger partial charge in [-0.05, 0) is 18.9 Å². The van der Waals surface area contributed by atoms with Gasteiger partial charge >= 0.3 is 5.97 Å². The molecule has 0 aromatic rings. The summed E-state index contributed by atoms with van der Waals surface area (Å²) in [4.78, 5) is 10.0. The molecule has 1 atom stereocenters.